The van der Waals surface area contributed by atoms with Crippen LogP contribution in [0.15, 0.2) is 30.3 Å². The smallest absolute Gasteiger partial charge is 0.251 e. The van der Waals surface area contributed by atoms with E-state index < -0.39 is 0 Å². The molecule has 4 nitrogen and oxygen atoms in total. The molecule has 1 aliphatic heterocycles. The fourth-order valence-electron chi connectivity index (χ4n) is 3.88. The number of piperidine rings is 1. The van der Waals surface area contributed by atoms with Crippen molar-refractivity contribution >= 4 is 11.8 Å². The lowest BCUT2D eigenvalue weighted by Gasteiger charge is -2.44. The summed E-state index contributed by atoms with van der Waals surface area (Å²) in [4.78, 5) is 26.6. The van der Waals surface area contributed by atoms with Gasteiger partial charge in [0.2, 0.25) is 5.91 Å². The van der Waals surface area contributed by atoms with Crippen molar-refractivity contribution in [2.75, 3.05) is 13.1 Å². The lowest BCUT2D eigenvalue weighted by atomic mass is 9.78. The topological polar surface area (TPSA) is 49.4 Å². The predicted octanol–water partition coefficient (Wildman–Crippen LogP) is 2.60. The van der Waals surface area contributed by atoms with Gasteiger partial charge >= 0.3 is 0 Å². The lowest BCUT2D eigenvalue weighted by Crippen LogP contribution is -2.52. The second kappa shape index (κ2) is 6.95. The third-order valence-electron chi connectivity index (χ3n) is 5.00. The number of amides is 2. The van der Waals surface area contributed by atoms with Gasteiger partial charge in [0.25, 0.3) is 5.91 Å². The molecule has 3 rings (SSSR count). The highest BCUT2D eigenvalue weighted by molar-refractivity contribution is 5.96. The molecule has 1 saturated heterocycles. The molecule has 118 valence electrons. The number of nitrogens with zero attached hydrogens (tertiary/aromatic N) is 1. The van der Waals surface area contributed by atoms with Crippen LogP contribution in [-0.4, -0.2) is 35.8 Å². The fraction of sp³-hybridized carbons (Fsp3) is 0.556. The highest BCUT2D eigenvalue weighted by Gasteiger charge is 2.35. The number of carbonyl (C=O) groups excluding carboxylic acids is 2. The van der Waals surface area contributed by atoms with Gasteiger partial charge in [0.05, 0.1) is 6.54 Å². The Kier molecular flexibility index (Phi) is 4.76. The van der Waals surface area contributed by atoms with Crippen LogP contribution in [0, 0.1) is 5.92 Å². The zero-order valence-corrected chi connectivity index (χ0v) is 13.0. The van der Waals surface area contributed by atoms with Crippen LogP contribution in [0.2, 0.25) is 0 Å². The maximum atomic E-state index is 12.5. The van der Waals surface area contributed by atoms with Crippen LogP contribution in [0.25, 0.3) is 0 Å². The summed E-state index contributed by atoms with van der Waals surface area (Å²) in [5.74, 6) is 0.573. The van der Waals surface area contributed by atoms with Crippen LogP contribution in [0.1, 0.15) is 48.9 Å². The number of carbonyl (C=O) groups is 2. The van der Waals surface area contributed by atoms with Gasteiger partial charge in [-0.25, -0.2) is 0 Å². The van der Waals surface area contributed by atoms with Crippen LogP contribution in [-0.2, 0) is 4.79 Å². The van der Waals surface area contributed by atoms with E-state index in [1.54, 1.807) is 12.1 Å². The molecule has 1 heterocycles. The number of fused-ring (bicyclic) bond motifs is 1. The summed E-state index contributed by atoms with van der Waals surface area (Å²) in [7, 11) is 0. The van der Waals surface area contributed by atoms with Gasteiger partial charge in [0.15, 0.2) is 0 Å². The molecular weight excluding hydrogens is 276 g/mol. The third-order valence-corrected chi connectivity index (χ3v) is 5.00. The largest absolute Gasteiger partial charge is 0.343 e. The Morgan fingerprint density at radius 1 is 1.05 bits per heavy atom. The monoisotopic (exact) mass is 300 g/mol. The highest BCUT2D eigenvalue weighted by Crippen LogP contribution is 2.35. The quantitative estimate of drug-likeness (QED) is 0.933. The second-order valence-electron chi connectivity index (χ2n) is 6.39. The van der Waals surface area contributed by atoms with Crippen molar-refractivity contribution in [3.63, 3.8) is 0 Å². The molecule has 1 saturated carbocycles. The number of hydrogen-bond donors (Lipinski definition) is 1. The fourth-order valence-corrected chi connectivity index (χ4v) is 3.88. The molecule has 0 radical (unpaired) electrons. The number of likely N-dealkylation sites (tertiary alicyclic amines) is 1. The minimum Gasteiger partial charge on any atom is -0.343 e. The summed E-state index contributed by atoms with van der Waals surface area (Å²) in [6.45, 7) is 0.957. The predicted molar refractivity (Wildman–Crippen MR) is 85.5 cm³/mol. The van der Waals surface area contributed by atoms with Gasteiger partial charge in [0.1, 0.15) is 0 Å². The van der Waals surface area contributed by atoms with E-state index in [4.69, 9.17) is 0 Å². The molecule has 2 atom stereocenters. The van der Waals surface area contributed by atoms with Crippen LogP contribution < -0.4 is 5.32 Å². The van der Waals surface area contributed by atoms with E-state index >= 15 is 0 Å². The van der Waals surface area contributed by atoms with Gasteiger partial charge in [-0.05, 0) is 43.7 Å². The van der Waals surface area contributed by atoms with Gasteiger partial charge < -0.3 is 10.2 Å². The summed E-state index contributed by atoms with van der Waals surface area (Å²) in [6.07, 6.45) is 7.26. The second-order valence-corrected chi connectivity index (χ2v) is 6.39. The van der Waals surface area contributed by atoms with Gasteiger partial charge in [0, 0.05) is 18.2 Å². The van der Waals surface area contributed by atoms with Crippen molar-refractivity contribution in [2.45, 2.75) is 44.6 Å². The average Bonchev–Trinajstić information content (AvgIpc) is 2.59. The van der Waals surface area contributed by atoms with E-state index in [-0.39, 0.29) is 18.4 Å². The first-order valence-corrected chi connectivity index (χ1v) is 8.38. The minimum absolute atomic E-state index is 0.0703. The number of rotatable bonds is 3. The Labute approximate surface area is 131 Å². The Morgan fingerprint density at radius 3 is 2.59 bits per heavy atom. The number of hydrogen-bond acceptors (Lipinski definition) is 2. The van der Waals surface area contributed by atoms with Gasteiger partial charge in [-0.1, -0.05) is 31.0 Å². The van der Waals surface area contributed by atoms with Crippen LogP contribution in [0.5, 0.6) is 0 Å². The molecular formula is C18H24N2O2. The summed E-state index contributed by atoms with van der Waals surface area (Å²) in [5, 5.41) is 2.76. The van der Waals surface area contributed by atoms with Gasteiger partial charge in [-0.15, -0.1) is 0 Å². The molecule has 22 heavy (non-hydrogen) atoms. The van der Waals surface area contributed by atoms with Gasteiger partial charge in [-0.3, -0.25) is 9.59 Å². The summed E-state index contributed by atoms with van der Waals surface area (Å²) >= 11 is 0. The Morgan fingerprint density at radius 2 is 1.77 bits per heavy atom. The molecule has 0 bridgehead atoms. The van der Waals surface area contributed by atoms with Crippen LogP contribution in [0.3, 0.4) is 0 Å². The van der Waals surface area contributed by atoms with Crippen LogP contribution >= 0.6 is 0 Å². The van der Waals surface area contributed by atoms with Crippen LogP contribution in [0.4, 0.5) is 0 Å². The summed E-state index contributed by atoms with van der Waals surface area (Å²) in [5.41, 5.74) is 0.601. The molecule has 0 aromatic heterocycles. The van der Waals surface area contributed by atoms with E-state index in [1.165, 1.54) is 25.7 Å². The van der Waals surface area contributed by atoms with Crippen molar-refractivity contribution < 1.29 is 9.59 Å². The van der Waals surface area contributed by atoms with Crippen molar-refractivity contribution in [3.05, 3.63) is 35.9 Å². The Bertz CT molecular complexity index is 527. The average molecular weight is 300 g/mol. The maximum absolute atomic E-state index is 12.5. The molecule has 0 spiro atoms. The summed E-state index contributed by atoms with van der Waals surface area (Å²) in [6, 6.07) is 9.46. The first kappa shape index (κ1) is 15.1. The number of nitrogens with one attached hydrogen (secondary N) is 1. The molecule has 4 heteroatoms. The maximum Gasteiger partial charge on any atom is 0.251 e. The van der Waals surface area contributed by atoms with Crippen molar-refractivity contribution in [3.8, 4) is 0 Å². The molecule has 1 aromatic rings. The normalized spacial score (nSPS) is 24.5. The highest BCUT2D eigenvalue weighted by atomic mass is 16.2. The molecule has 2 fully saturated rings. The zero-order valence-electron chi connectivity index (χ0n) is 13.0. The Balaban J connectivity index is 1.56. The van der Waals surface area contributed by atoms with E-state index in [9.17, 15) is 9.59 Å². The van der Waals surface area contributed by atoms with E-state index in [1.807, 2.05) is 23.1 Å². The first-order valence-electron chi connectivity index (χ1n) is 8.38. The molecule has 1 aromatic carbocycles. The zero-order chi connectivity index (χ0) is 15.4. The summed E-state index contributed by atoms with van der Waals surface area (Å²) < 4.78 is 0. The van der Waals surface area contributed by atoms with E-state index in [0.717, 1.165) is 19.4 Å². The first-order chi connectivity index (χ1) is 10.8. The lowest BCUT2D eigenvalue weighted by molar-refractivity contribution is -0.136. The van der Waals surface area contributed by atoms with E-state index in [0.29, 0.717) is 17.5 Å². The Hall–Kier alpha value is -1.84. The third kappa shape index (κ3) is 3.32. The SMILES string of the molecule is O=C(NCC(=O)N1CCC[C@@H]2CCCC[C@@H]21)c1ccccc1. The molecule has 0 unspecified atom stereocenters. The van der Waals surface area contributed by atoms with E-state index in [2.05, 4.69) is 5.32 Å². The number of benzene rings is 1. The standard InChI is InChI=1S/C18H24N2O2/c21-17(13-19-18(22)15-8-2-1-3-9-15)20-12-6-10-14-7-4-5-11-16(14)20/h1-3,8-9,14,16H,4-7,10-13H2,(H,19,22)/t14-,16-/m0/s1. The molecule has 1 N–H and O–H groups in total. The molecule has 2 amide bonds. The van der Waals surface area contributed by atoms with Crippen molar-refractivity contribution in [1.82, 2.24) is 10.2 Å². The molecule has 1 aliphatic carbocycles. The minimum atomic E-state index is -0.175. The van der Waals surface area contributed by atoms with Gasteiger partial charge in [-0.2, -0.15) is 0 Å². The van der Waals surface area contributed by atoms with Crippen molar-refractivity contribution in [2.24, 2.45) is 5.92 Å². The molecule has 2 aliphatic rings. The van der Waals surface area contributed by atoms with Crippen molar-refractivity contribution in [1.29, 1.82) is 0 Å².